The topological polar surface area (TPSA) is 61.5 Å². The second-order valence-corrected chi connectivity index (χ2v) is 4.41. The van der Waals surface area contributed by atoms with Gasteiger partial charge < -0.3 is 15.2 Å². The standard InChI is InChI=1S/C13H17NO3/c1-16-11-6-9(7-15)5-10(12(11)17-2)13(8-14)3-4-13/h5-7H,3-4,8,14H2,1-2H3. The number of benzene rings is 1. The molecule has 1 fully saturated rings. The van der Waals surface area contributed by atoms with Gasteiger partial charge in [0.25, 0.3) is 0 Å². The fraction of sp³-hybridized carbons (Fsp3) is 0.462. The molecule has 0 unspecified atom stereocenters. The Morgan fingerprint density at radius 3 is 2.47 bits per heavy atom. The Bertz CT molecular complexity index is 439. The molecular formula is C13H17NO3. The van der Waals surface area contributed by atoms with E-state index in [0.717, 1.165) is 24.7 Å². The number of nitrogens with two attached hydrogens (primary N) is 1. The zero-order valence-corrected chi connectivity index (χ0v) is 10.2. The smallest absolute Gasteiger partial charge is 0.164 e. The van der Waals surface area contributed by atoms with Crippen LogP contribution in [0.2, 0.25) is 0 Å². The van der Waals surface area contributed by atoms with Gasteiger partial charge in [-0.05, 0) is 25.0 Å². The molecule has 4 heteroatoms. The predicted octanol–water partition coefficient (Wildman–Crippen LogP) is 1.51. The Labute approximate surface area is 101 Å². The van der Waals surface area contributed by atoms with Crippen molar-refractivity contribution in [1.29, 1.82) is 0 Å². The van der Waals surface area contributed by atoms with Crippen molar-refractivity contribution in [1.82, 2.24) is 0 Å². The molecule has 1 aromatic rings. The Morgan fingerprint density at radius 1 is 1.35 bits per heavy atom. The van der Waals surface area contributed by atoms with Gasteiger partial charge in [0, 0.05) is 23.1 Å². The Hall–Kier alpha value is -1.55. The molecule has 2 N–H and O–H groups in total. The third kappa shape index (κ3) is 1.89. The van der Waals surface area contributed by atoms with E-state index in [-0.39, 0.29) is 5.41 Å². The normalized spacial score (nSPS) is 16.4. The predicted molar refractivity (Wildman–Crippen MR) is 64.9 cm³/mol. The van der Waals surface area contributed by atoms with Crippen molar-refractivity contribution in [2.24, 2.45) is 5.73 Å². The Balaban J connectivity index is 2.58. The second kappa shape index (κ2) is 4.37. The van der Waals surface area contributed by atoms with Crippen molar-refractivity contribution < 1.29 is 14.3 Å². The molecule has 2 rings (SSSR count). The van der Waals surface area contributed by atoms with Crippen molar-refractivity contribution in [3.8, 4) is 11.5 Å². The molecule has 92 valence electrons. The zero-order valence-electron chi connectivity index (χ0n) is 10.2. The number of aldehydes is 1. The van der Waals surface area contributed by atoms with Crippen LogP contribution in [0.4, 0.5) is 0 Å². The molecule has 0 heterocycles. The van der Waals surface area contributed by atoms with Crippen LogP contribution in [0.1, 0.15) is 28.8 Å². The highest BCUT2D eigenvalue weighted by atomic mass is 16.5. The molecule has 4 nitrogen and oxygen atoms in total. The first-order valence-corrected chi connectivity index (χ1v) is 5.62. The first-order valence-electron chi connectivity index (χ1n) is 5.62. The van der Waals surface area contributed by atoms with E-state index in [0.29, 0.717) is 23.6 Å². The summed E-state index contributed by atoms with van der Waals surface area (Å²) in [5.41, 5.74) is 7.38. The lowest BCUT2D eigenvalue weighted by atomic mass is 9.93. The van der Waals surface area contributed by atoms with Gasteiger partial charge in [-0.15, -0.1) is 0 Å². The lowest BCUT2D eigenvalue weighted by Gasteiger charge is -2.19. The van der Waals surface area contributed by atoms with Gasteiger partial charge in [0.15, 0.2) is 11.5 Å². The second-order valence-electron chi connectivity index (χ2n) is 4.41. The van der Waals surface area contributed by atoms with Gasteiger partial charge in [0.2, 0.25) is 0 Å². The molecule has 1 aliphatic carbocycles. The van der Waals surface area contributed by atoms with Gasteiger partial charge in [-0.25, -0.2) is 0 Å². The minimum absolute atomic E-state index is 0.0301. The highest BCUT2D eigenvalue weighted by molar-refractivity contribution is 5.78. The molecule has 0 aliphatic heterocycles. The number of methoxy groups -OCH3 is 2. The van der Waals surface area contributed by atoms with Crippen LogP contribution in [0.5, 0.6) is 11.5 Å². The van der Waals surface area contributed by atoms with E-state index < -0.39 is 0 Å². The highest BCUT2D eigenvalue weighted by Gasteiger charge is 2.45. The number of hydrogen-bond acceptors (Lipinski definition) is 4. The van der Waals surface area contributed by atoms with E-state index in [1.165, 1.54) is 0 Å². The zero-order chi connectivity index (χ0) is 12.5. The van der Waals surface area contributed by atoms with Crippen LogP contribution in [0.25, 0.3) is 0 Å². The first kappa shape index (κ1) is 11.9. The van der Waals surface area contributed by atoms with E-state index in [9.17, 15) is 4.79 Å². The monoisotopic (exact) mass is 235 g/mol. The molecule has 1 aliphatic rings. The van der Waals surface area contributed by atoms with Gasteiger partial charge in [-0.3, -0.25) is 4.79 Å². The maximum atomic E-state index is 10.9. The molecule has 1 aromatic carbocycles. The fourth-order valence-electron chi connectivity index (χ4n) is 2.18. The third-order valence-corrected chi connectivity index (χ3v) is 3.45. The summed E-state index contributed by atoms with van der Waals surface area (Å²) in [6.45, 7) is 0.564. The Kier molecular flexibility index (Phi) is 3.07. The minimum atomic E-state index is -0.0301. The Morgan fingerprint density at radius 2 is 2.06 bits per heavy atom. The maximum Gasteiger partial charge on any atom is 0.164 e. The lowest BCUT2D eigenvalue weighted by molar-refractivity contribution is 0.112. The van der Waals surface area contributed by atoms with E-state index in [1.54, 1.807) is 20.3 Å². The molecule has 0 saturated heterocycles. The fourth-order valence-corrected chi connectivity index (χ4v) is 2.18. The van der Waals surface area contributed by atoms with Crippen molar-refractivity contribution in [2.45, 2.75) is 18.3 Å². The summed E-state index contributed by atoms with van der Waals surface area (Å²) < 4.78 is 10.7. The first-order chi connectivity index (χ1) is 8.20. The summed E-state index contributed by atoms with van der Waals surface area (Å²) in [5.74, 6) is 1.29. The lowest BCUT2D eigenvalue weighted by Crippen LogP contribution is -2.21. The SMILES string of the molecule is COc1cc(C=O)cc(C2(CN)CC2)c1OC. The molecule has 0 atom stereocenters. The summed E-state index contributed by atoms with van der Waals surface area (Å²) in [7, 11) is 3.17. The molecule has 0 bridgehead atoms. The highest BCUT2D eigenvalue weighted by Crippen LogP contribution is 2.52. The van der Waals surface area contributed by atoms with E-state index in [4.69, 9.17) is 15.2 Å². The molecule has 0 amide bonds. The summed E-state index contributed by atoms with van der Waals surface area (Å²) in [6.07, 6.45) is 2.88. The van der Waals surface area contributed by atoms with Crippen LogP contribution >= 0.6 is 0 Å². The molecule has 0 spiro atoms. The third-order valence-electron chi connectivity index (χ3n) is 3.45. The van der Waals surface area contributed by atoms with Crippen molar-refractivity contribution in [2.75, 3.05) is 20.8 Å². The van der Waals surface area contributed by atoms with Crippen LogP contribution in [0.15, 0.2) is 12.1 Å². The number of hydrogen-bond donors (Lipinski definition) is 1. The quantitative estimate of drug-likeness (QED) is 0.786. The molecule has 0 aromatic heterocycles. The van der Waals surface area contributed by atoms with Gasteiger partial charge in [0.1, 0.15) is 6.29 Å². The average molecular weight is 235 g/mol. The van der Waals surface area contributed by atoms with Gasteiger partial charge in [-0.2, -0.15) is 0 Å². The summed E-state index contributed by atoms with van der Waals surface area (Å²) in [4.78, 5) is 10.9. The molecule has 1 saturated carbocycles. The largest absolute Gasteiger partial charge is 0.493 e. The molecule has 17 heavy (non-hydrogen) atoms. The van der Waals surface area contributed by atoms with Crippen LogP contribution in [0.3, 0.4) is 0 Å². The van der Waals surface area contributed by atoms with E-state index >= 15 is 0 Å². The van der Waals surface area contributed by atoms with Crippen molar-refractivity contribution in [3.05, 3.63) is 23.3 Å². The minimum Gasteiger partial charge on any atom is -0.493 e. The van der Waals surface area contributed by atoms with Crippen LogP contribution in [-0.4, -0.2) is 27.1 Å². The van der Waals surface area contributed by atoms with E-state index in [1.807, 2.05) is 6.07 Å². The van der Waals surface area contributed by atoms with Gasteiger partial charge >= 0.3 is 0 Å². The van der Waals surface area contributed by atoms with Gasteiger partial charge in [-0.1, -0.05) is 0 Å². The molecule has 0 radical (unpaired) electrons. The van der Waals surface area contributed by atoms with Crippen LogP contribution < -0.4 is 15.2 Å². The number of rotatable bonds is 5. The summed E-state index contributed by atoms with van der Waals surface area (Å²) in [6, 6.07) is 3.54. The van der Waals surface area contributed by atoms with E-state index in [2.05, 4.69) is 0 Å². The van der Waals surface area contributed by atoms with Crippen LogP contribution in [-0.2, 0) is 5.41 Å². The summed E-state index contributed by atoms with van der Waals surface area (Å²) in [5, 5.41) is 0. The number of carbonyl (C=O) groups excluding carboxylic acids is 1. The number of ether oxygens (including phenoxy) is 2. The average Bonchev–Trinajstić information content (AvgIpc) is 3.17. The number of carbonyl (C=O) groups is 1. The van der Waals surface area contributed by atoms with Crippen LogP contribution in [0, 0.1) is 0 Å². The van der Waals surface area contributed by atoms with Crippen molar-refractivity contribution in [3.63, 3.8) is 0 Å². The summed E-state index contributed by atoms with van der Waals surface area (Å²) >= 11 is 0. The maximum absolute atomic E-state index is 10.9. The molecular weight excluding hydrogens is 218 g/mol. The van der Waals surface area contributed by atoms with Gasteiger partial charge in [0.05, 0.1) is 14.2 Å². The van der Waals surface area contributed by atoms with Crippen molar-refractivity contribution >= 4 is 6.29 Å².